The number of halogens is 1. The van der Waals surface area contributed by atoms with Crippen LogP contribution in [0.4, 0.5) is 4.39 Å². The zero-order chi connectivity index (χ0) is 25.9. The third kappa shape index (κ3) is 5.39. The van der Waals surface area contributed by atoms with Crippen LogP contribution in [0.3, 0.4) is 0 Å². The van der Waals surface area contributed by atoms with Crippen LogP contribution in [0.1, 0.15) is 69.2 Å². The summed E-state index contributed by atoms with van der Waals surface area (Å²) in [6, 6.07) is 18.2. The summed E-state index contributed by atoms with van der Waals surface area (Å²) in [5.41, 5.74) is 5.83. The van der Waals surface area contributed by atoms with Crippen molar-refractivity contribution in [1.29, 1.82) is 0 Å². The van der Waals surface area contributed by atoms with Crippen LogP contribution in [0, 0.1) is 11.7 Å². The summed E-state index contributed by atoms with van der Waals surface area (Å²) in [6.45, 7) is 4.25. The average molecular weight is 499 g/mol. The molecule has 2 heterocycles. The highest BCUT2D eigenvalue weighted by atomic mass is 19.1. The van der Waals surface area contributed by atoms with Gasteiger partial charge in [0, 0.05) is 47.3 Å². The molecule has 0 unspecified atom stereocenters. The number of piperidine rings is 1. The molecule has 0 aromatic heterocycles. The number of aliphatic imine (C=N–C) groups is 1. The molecule has 0 aliphatic carbocycles. The number of Topliss-reactive ketones (excluding diaryl/α,β-unsaturated/α-hetero) is 2. The van der Waals surface area contributed by atoms with E-state index in [9.17, 15) is 14.0 Å². The predicted molar refractivity (Wildman–Crippen MR) is 142 cm³/mol. The van der Waals surface area contributed by atoms with E-state index >= 15 is 0 Å². The monoisotopic (exact) mass is 498 g/mol. The first kappa shape index (κ1) is 25.0. The molecule has 2 aliphatic heterocycles. The third-order valence-corrected chi connectivity index (χ3v) is 7.41. The molecule has 0 radical (unpaired) electrons. The highest BCUT2D eigenvalue weighted by Crippen LogP contribution is 2.29. The van der Waals surface area contributed by atoms with Gasteiger partial charge in [-0.1, -0.05) is 42.5 Å². The molecular formula is C31H31FN2O3. The Morgan fingerprint density at radius 2 is 1.86 bits per heavy atom. The lowest BCUT2D eigenvalue weighted by Gasteiger charge is -2.33. The van der Waals surface area contributed by atoms with Gasteiger partial charge in [-0.25, -0.2) is 4.39 Å². The number of rotatable bonds is 8. The molecule has 3 aromatic rings. The van der Waals surface area contributed by atoms with E-state index in [1.165, 1.54) is 6.07 Å². The molecule has 0 saturated carbocycles. The van der Waals surface area contributed by atoms with Gasteiger partial charge in [-0.15, -0.1) is 0 Å². The second kappa shape index (κ2) is 10.8. The van der Waals surface area contributed by atoms with Crippen LogP contribution in [0.25, 0.3) is 0 Å². The zero-order valence-electron chi connectivity index (χ0n) is 21.3. The number of carbonyl (C=O) groups is 2. The van der Waals surface area contributed by atoms with Gasteiger partial charge < -0.3 is 4.74 Å². The fraction of sp³-hybridized carbons (Fsp3) is 0.323. The van der Waals surface area contributed by atoms with E-state index < -0.39 is 0 Å². The number of hydrogen-bond donors (Lipinski definition) is 0. The minimum absolute atomic E-state index is 0.0301. The van der Waals surface area contributed by atoms with E-state index in [0.717, 1.165) is 48.3 Å². The molecule has 2 aliphatic rings. The summed E-state index contributed by atoms with van der Waals surface area (Å²) in [5, 5.41) is 0. The van der Waals surface area contributed by atoms with Crippen molar-refractivity contribution in [2.75, 3.05) is 20.2 Å². The van der Waals surface area contributed by atoms with Gasteiger partial charge in [-0.3, -0.25) is 19.5 Å². The number of ether oxygens (including phenoxy) is 1. The largest absolute Gasteiger partial charge is 0.496 e. The van der Waals surface area contributed by atoms with Crippen LogP contribution < -0.4 is 4.74 Å². The van der Waals surface area contributed by atoms with Gasteiger partial charge >= 0.3 is 0 Å². The SMILES string of the molecule is COc1cccc(F)c1CN1CCC[C@@H](CC(=O)c2ccc3c(c2)C(c2ccc(C(C)=O)cc2)=NC3)C1. The summed E-state index contributed by atoms with van der Waals surface area (Å²) >= 11 is 0. The first-order chi connectivity index (χ1) is 17.9. The fourth-order valence-electron chi connectivity index (χ4n) is 5.42. The molecule has 3 aromatic carbocycles. The lowest BCUT2D eigenvalue weighted by atomic mass is 9.89. The van der Waals surface area contributed by atoms with E-state index in [1.807, 2.05) is 42.5 Å². The fourth-order valence-corrected chi connectivity index (χ4v) is 5.42. The van der Waals surface area contributed by atoms with Gasteiger partial charge in [-0.2, -0.15) is 0 Å². The van der Waals surface area contributed by atoms with Crippen LogP contribution in [0.2, 0.25) is 0 Å². The molecule has 0 amide bonds. The Balaban J connectivity index is 1.27. The molecular weight excluding hydrogens is 467 g/mol. The van der Waals surface area contributed by atoms with Gasteiger partial charge in [0.2, 0.25) is 0 Å². The van der Waals surface area contributed by atoms with Crippen molar-refractivity contribution >= 4 is 17.3 Å². The highest BCUT2D eigenvalue weighted by molar-refractivity contribution is 6.16. The standard InChI is InChI=1S/C31H31FN2O3/c1-20(35)22-8-10-23(11-9-22)31-26-16-24(12-13-25(26)17-33-31)29(36)15-21-5-4-14-34(18-21)19-27-28(32)6-3-7-30(27)37-2/h3,6-13,16,21H,4-5,14-15,17-19H2,1-2H3/t21-/m0/s1. The lowest BCUT2D eigenvalue weighted by molar-refractivity contribution is 0.0910. The molecule has 1 saturated heterocycles. The number of hydrogen-bond acceptors (Lipinski definition) is 5. The van der Waals surface area contributed by atoms with Crippen LogP contribution in [-0.2, 0) is 13.1 Å². The van der Waals surface area contributed by atoms with Crippen LogP contribution in [-0.4, -0.2) is 42.4 Å². The summed E-state index contributed by atoms with van der Waals surface area (Å²) in [5.74, 6) is 0.673. The van der Waals surface area contributed by atoms with Gasteiger partial charge in [0.1, 0.15) is 11.6 Å². The molecule has 190 valence electrons. The van der Waals surface area contributed by atoms with E-state index in [-0.39, 0.29) is 23.3 Å². The minimum Gasteiger partial charge on any atom is -0.496 e. The molecule has 1 atom stereocenters. The quantitative estimate of drug-likeness (QED) is 0.364. The van der Waals surface area contributed by atoms with Gasteiger partial charge in [-0.05, 0) is 56.0 Å². The Hall–Kier alpha value is -3.64. The Labute approximate surface area is 217 Å². The van der Waals surface area contributed by atoms with Crippen LogP contribution in [0.15, 0.2) is 65.7 Å². The Morgan fingerprint density at radius 1 is 1.08 bits per heavy atom. The van der Waals surface area contributed by atoms with E-state index in [1.54, 1.807) is 26.2 Å². The Kier molecular flexibility index (Phi) is 7.28. The Morgan fingerprint density at radius 3 is 2.62 bits per heavy atom. The molecule has 0 bridgehead atoms. The number of nitrogens with zero attached hydrogens (tertiary/aromatic N) is 2. The van der Waals surface area contributed by atoms with Crippen LogP contribution in [0.5, 0.6) is 5.75 Å². The molecule has 0 spiro atoms. The first-order valence-electron chi connectivity index (χ1n) is 12.8. The summed E-state index contributed by atoms with van der Waals surface area (Å²) < 4.78 is 19.8. The maximum absolute atomic E-state index is 14.5. The van der Waals surface area contributed by atoms with E-state index in [2.05, 4.69) is 4.90 Å². The second-order valence-electron chi connectivity index (χ2n) is 9.96. The second-order valence-corrected chi connectivity index (χ2v) is 9.96. The Bertz CT molecular complexity index is 1360. The molecule has 0 N–H and O–H groups in total. The van der Waals surface area contributed by atoms with Crippen molar-refractivity contribution in [1.82, 2.24) is 4.90 Å². The smallest absolute Gasteiger partial charge is 0.163 e. The average Bonchev–Trinajstić information content (AvgIpc) is 3.33. The number of fused-ring (bicyclic) bond motifs is 1. The third-order valence-electron chi connectivity index (χ3n) is 7.41. The maximum Gasteiger partial charge on any atom is 0.163 e. The van der Waals surface area contributed by atoms with E-state index in [0.29, 0.717) is 42.0 Å². The van der Waals surface area contributed by atoms with Crippen molar-refractivity contribution in [3.8, 4) is 5.75 Å². The highest BCUT2D eigenvalue weighted by Gasteiger charge is 2.26. The maximum atomic E-state index is 14.5. The van der Waals surface area contributed by atoms with Crippen LogP contribution >= 0.6 is 0 Å². The molecule has 5 rings (SSSR count). The summed E-state index contributed by atoms with van der Waals surface area (Å²) in [4.78, 5) is 31.9. The van der Waals surface area contributed by atoms with Gasteiger partial charge in [0.25, 0.3) is 0 Å². The number of carbonyl (C=O) groups excluding carboxylic acids is 2. The topological polar surface area (TPSA) is 59.0 Å². The number of benzene rings is 3. The zero-order valence-corrected chi connectivity index (χ0v) is 21.3. The van der Waals surface area contributed by atoms with Gasteiger partial charge in [0.05, 0.1) is 19.4 Å². The molecule has 6 heteroatoms. The summed E-state index contributed by atoms with van der Waals surface area (Å²) in [7, 11) is 1.56. The number of methoxy groups -OCH3 is 1. The lowest BCUT2D eigenvalue weighted by Crippen LogP contribution is -2.36. The van der Waals surface area contributed by atoms with E-state index in [4.69, 9.17) is 9.73 Å². The van der Waals surface area contributed by atoms with Crippen molar-refractivity contribution in [3.63, 3.8) is 0 Å². The normalized spacial score (nSPS) is 17.3. The van der Waals surface area contributed by atoms with Crippen molar-refractivity contribution < 1.29 is 18.7 Å². The van der Waals surface area contributed by atoms with Crippen molar-refractivity contribution in [3.05, 3.63) is 99.9 Å². The van der Waals surface area contributed by atoms with Crippen molar-refractivity contribution in [2.24, 2.45) is 10.9 Å². The number of ketones is 2. The molecule has 37 heavy (non-hydrogen) atoms. The molecule has 1 fully saturated rings. The minimum atomic E-state index is -0.260. The molecule has 5 nitrogen and oxygen atoms in total. The van der Waals surface area contributed by atoms with Gasteiger partial charge in [0.15, 0.2) is 11.6 Å². The first-order valence-corrected chi connectivity index (χ1v) is 12.8. The van der Waals surface area contributed by atoms with Crippen molar-refractivity contribution in [2.45, 2.75) is 39.3 Å². The summed E-state index contributed by atoms with van der Waals surface area (Å²) in [6.07, 6.45) is 2.42. The predicted octanol–water partition coefficient (Wildman–Crippen LogP) is 5.87. The number of likely N-dealkylation sites (tertiary alicyclic amines) is 1.